The van der Waals surface area contributed by atoms with Crippen LogP contribution in [0.3, 0.4) is 0 Å². The van der Waals surface area contributed by atoms with E-state index in [1.807, 2.05) is 26.1 Å². The molecule has 0 radical (unpaired) electrons. The summed E-state index contributed by atoms with van der Waals surface area (Å²) in [4.78, 5) is 28.0. The molecule has 7 heteroatoms. The third-order valence-corrected chi connectivity index (χ3v) is 3.92. The van der Waals surface area contributed by atoms with E-state index in [1.54, 1.807) is 23.5 Å². The van der Waals surface area contributed by atoms with Crippen LogP contribution in [0.25, 0.3) is 0 Å². The molecule has 3 rings (SSSR count). The number of hydrogen-bond acceptors (Lipinski definition) is 4. The number of nitrogens with zero attached hydrogens (tertiary/aromatic N) is 4. The highest BCUT2D eigenvalue weighted by Gasteiger charge is 2.30. The molecule has 3 heterocycles. The van der Waals surface area contributed by atoms with Crippen LogP contribution < -0.4 is 5.32 Å². The molecule has 0 unspecified atom stereocenters. The molecule has 22 heavy (non-hydrogen) atoms. The van der Waals surface area contributed by atoms with Crippen LogP contribution in [0.4, 0.5) is 10.6 Å². The van der Waals surface area contributed by atoms with E-state index >= 15 is 0 Å². The Kier molecular flexibility index (Phi) is 4.06. The number of nitrogens with one attached hydrogen (secondary N) is 2. The largest absolute Gasteiger partial charge is 0.347 e. The summed E-state index contributed by atoms with van der Waals surface area (Å²) in [6.07, 6.45) is 5.23. The Morgan fingerprint density at radius 2 is 2.23 bits per heavy atom. The number of aryl methyl sites for hydroxylation is 1. The standard InChI is InChI=1S/C15H20N6O/c1-11-3-4-16-13(9-11)19-15(22)21-8-7-20(2)12(10-21)14-17-5-6-18-14/h3-6,9,12H,7-8,10H2,1-2H3,(H,17,18)(H,16,19,22)/t12-/m0/s1. The molecule has 1 aliphatic heterocycles. The van der Waals surface area contributed by atoms with Crippen molar-refractivity contribution in [2.75, 3.05) is 32.0 Å². The number of piperazine rings is 1. The normalized spacial score (nSPS) is 19.2. The molecular formula is C15H20N6O. The van der Waals surface area contributed by atoms with Crippen LogP contribution in [-0.2, 0) is 0 Å². The summed E-state index contributed by atoms with van der Waals surface area (Å²) in [6, 6.07) is 3.72. The van der Waals surface area contributed by atoms with E-state index in [0.29, 0.717) is 18.9 Å². The zero-order chi connectivity index (χ0) is 15.5. The SMILES string of the molecule is Cc1ccnc(NC(=O)N2CCN(C)[C@H](c3ncc[nH]3)C2)c1. The van der Waals surface area contributed by atoms with Crippen LogP contribution in [0.15, 0.2) is 30.7 Å². The number of hydrogen-bond donors (Lipinski definition) is 2. The van der Waals surface area contributed by atoms with Gasteiger partial charge in [0, 0.05) is 38.2 Å². The summed E-state index contributed by atoms with van der Waals surface area (Å²) in [5, 5.41) is 2.86. The van der Waals surface area contributed by atoms with Crippen molar-refractivity contribution >= 4 is 11.8 Å². The lowest BCUT2D eigenvalue weighted by Crippen LogP contribution is -2.50. The van der Waals surface area contributed by atoms with Gasteiger partial charge >= 0.3 is 6.03 Å². The Morgan fingerprint density at radius 1 is 1.36 bits per heavy atom. The van der Waals surface area contributed by atoms with E-state index in [0.717, 1.165) is 17.9 Å². The van der Waals surface area contributed by atoms with Crippen molar-refractivity contribution in [1.29, 1.82) is 0 Å². The number of aromatic amines is 1. The number of H-pyrrole nitrogens is 1. The van der Waals surface area contributed by atoms with E-state index < -0.39 is 0 Å². The Balaban J connectivity index is 1.68. The molecule has 1 saturated heterocycles. The molecule has 116 valence electrons. The molecule has 2 N–H and O–H groups in total. The lowest BCUT2D eigenvalue weighted by molar-refractivity contribution is 0.112. The summed E-state index contributed by atoms with van der Waals surface area (Å²) in [5.41, 5.74) is 1.07. The van der Waals surface area contributed by atoms with Gasteiger partial charge in [-0.15, -0.1) is 0 Å². The average Bonchev–Trinajstić information content (AvgIpc) is 3.01. The molecule has 0 aliphatic carbocycles. The van der Waals surface area contributed by atoms with Crippen molar-refractivity contribution in [3.05, 3.63) is 42.1 Å². The van der Waals surface area contributed by atoms with Gasteiger partial charge in [0.25, 0.3) is 0 Å². The minimum Gasteiger partial charge on any atom is -0.347 e. The second-order valence-corrected chi connectivity index (χ2v) is 5.57. The predicted molar refractivity (Wildman–Crippen MR) is 83.5 cm³/mol. The molecular weight excluding hydrogens is 280 g/mol. The number of anilines is 1. The number of carbonyl (C=O) groups is 1. The predicted octanol–water partition coefficient (Wildman–Crippen LogP) is 1.63. The molecule has 2 aromatic rings. The summed E-state index contributed by atoms with van der Waals surface area (Å²) >= 11 is 0. The van der Waals surface area contributed by atoms with E-state index in [2.05, 4.69) is 25.2 Å². The first kappa shape index (κ1) is 14.5. The number of likely N-dealkylation sites (N-methyl/N-ethyl adjacent to an activating group) is 1. The molecule has 0 aromatic carbocycles. The number of rotatable bonds is 2. The minimum atomic E-state index is -0.122. The van der Waals surface area contributed by atoms with Gasteiger partial charge in [0.1, 0.15) is 11.6 Å². The van der Waals surface area contributed by atoms with E-state index in [9.17, 15) is 4.79 Å². The maximum Gasteiger partial charge on any atom is 0.323 e. The zero-order valence-corrected chi connectivity index (χ0v) is 12.8. The fourth-order valence-electron chi connectivity index (χ4n) is 2.61. The molecule has 0 spiro atoms. The highest BCUT2D eigenvalue weighted by Crippen LogP contribution is 2.21. The molecule has 0 bridgehead atoms. The van der Waals surface area contributed by atoms with E-state index in [4.69, 9.17) is 0 Å². The van der Waals surface area contributed by atoms with Crippen LogP contribution in [0.1, 0.15) is 17.4 Å². The Bertz CT molecular complexity index is 641. The highest BCUT2D eigenvalue weighted by atomic mass is 16.2. The number of imidazole rings is 1. The van der Waals surface area contributed by atoms with Crippen molar-refractivity contribution < 1.29 is 4.79 Å². The van der Waals surface area contributed by atoms with Crippen LogP contribution in [-0.4, -0.2) is 57.5 Å². The fraction of sp³-hybridized carbons (Fsp3) is 0.400. The summed E-state index contributed by atoms with van der Waals surface area (Å²) in [7, 11) is 2.05. The van der Waals surface area contributed by atoms with Gasteiger partial charge in [-0.05, 0) is 31.7 Å². The molecule has 7 nitrogen and oxygen atoms in total. The monoisotopic (exact) mass is 300 g/mol. The number of aromatic nitrogens is 3. The topological polar surface area (TPSA) is 77.2 Å². The second kappa shape index (κ2) is 6.15. The van der Waals surface area contributed by atoms with Gasteiger partial charge in [0.15, 0.2) is 0 Å². The van der Waals surface area contributed by atoms with E-state index in [-0.39, 0.29) is 12.1 Å². The van der Waals surface area contributed by atoms with Crippen molar-refractivity contribution in [2.45, 2.75) is 13.0 Å². The maximum atomic E-state index is 12.4. The summed E-state index contributed by atoms with van der Waals surface area (Å²) < 4.78 is 0. The van der Waals surface area contributed by atoms with Gasteiger partial charge in [0.05, 0.1) is 6.04 Å². The van der Waals surface area contributed by atoms with E-state index in [1.165, 1.54) is 0 Å². The average molecular weight is 300 g/mol. The minimum absolute atomic E-state index is 0.0833. The van der Waals surface area contributed by atoms with Crippen LogP contribution >= 0.6 is 0 Å². The molecule has 1 aliphatic rings. The first-order valence-electron chi connectivity index (χ1n) is 7.31. The maximum absolute atomic E-state index is 12.4. The molecule has 0 saturated carbocycles. The third kappa shape index (κ3) is 3.09. The fourth-order valence-corrected chi connectivity index (χ4v) is 2.61. The second-order valence-electron chi connectivity index (χ2n) is 5.57. The Hall–Kier alpha value is -2.41. The van der Waals surface area contributed by atoms with Crippen LogP contribution in [0.2, 0.25) is 0 Å². The number of urea groups is 1. The molecule has 1 fully saturated rings. The number of carbonyl (C=O) groups excluding carboxylic acids is 1. The number of amides is 2. The van der Waals surface area contributed by atoms with Gasteiger partial charge in [0.2, 0.25) is 0 Å². The van der Waals surface area contributed by atoms with Gasteiger partial charge in [-0.2, -0.15) is 0 Å². The van der Waals surface area contributed by atoms with Crippen molar-refractivity contribution in [2.24, 2.45) is 0 Å². The molecule has 2 aromatic heterocycles. The quantitative estimate of drug-likeness (QED) is 0.884. The van der Waals surface area contributed by atoms with Gasteiger partial charge in [-0.25, -0.2) is 14.8 Å². The zero-order valence-electron chi connectivity index (χ0n) is 12.8. The Morgan fingerprint density at radius 3 is 2.95 bits per heavy atom. The lowest BCUT2D eigenvalue weighted by atomic mass is 10.1. The highest BCUT2D eigenvalue weighted by molar-refractivity contribution is 5.88. The number of pyridine rings is 1. The van der Waals surface area contributed by atoms with Crippen molar-refractivity contribution in [1.82, 2.24) is 24.8 Å². The lowest BCUT2D eigenvalue weighted by Gasteiger charge is -2.38. The molecule has 1 atom stereocenters. The van der Waals surface area contributed by atoms with Crippen LogP contribution in [0, 0.1) is 6.92 Å². The first-order valence-corrected chi connectivity index (χ1v) is 7.31. The third-order valence-electron chi connectivity index (χ3n) is 3.92. The van der Waals surface area contributed by atoms with Gasteiger partial charge in [-0.1, -0.05) is 0 Å². The smallest absolute Gasteiger partial charge is 0.323 e. The first-order chi connectivity index (χ1) is 10.6. The van der Waals surface area contributed by atoms with Crippen LogP contribution in [0.5, 0.6) is 0 Å². The molecule has 2 amide bonds. The summed E-state index contributed by atoms with van der Waals surface area (Å²) in [6.45, 7) is 4.06. The van der Waals surface area contributed by atoms with Gasteiger partial charge < -0.3 is 9.88 Å². The van der Waals surface area contributed by atoms with Crippen molar-refractivity contribution in [3.8, 4) is 0 Å². The Labute approximate surface area is 129 Å². The summed E-state index contributed by atoms with van der Waals surface area (Å²) in [5.74, 6) is 1.46. The van der Waals surface area contributed by atoms with Crippen molar-refractivity contribution in [3.63, 3.8) is 0 Å². The van der Waals surface area contributed by atoms with Gasteiger partial charge in [-0.3, -0.25) is 10.2 Å².